The summed E-state index contributed by atoms with van der Waals surface area (Å²) < 4.78 is 0. The third-order valence-electron chi connectivity index (χ3n) is 2.42. The number of nitrogens with zero attached hydrogens (tertiary/aromatic N) is 1. The molecule has 1 N–H and O–H groups in total. The molecular formula is C13H11ClN2O2S. The Hall–Kier alpha value is -1.72. The number of Topliss-reactive ketones (excluding diaryl/α,β-unsaturated/α-hetero) is 1. The van der Waals surface area contributed by atoms with Gasteiger partial charge in [-0.3, -0.25) is 9.59 Å². The molecule has 98 valence electrons. The van der Waals surface area contributed by atoms with Crippen LogP contribution in [0, 0.1) is 0 Å². The topological polar surface area (TPSA) is 59.1 Å². The molecule has 0 spiro atoms. The Morgan fingerprint density at radius 2 is 2.00 bits per heavy atom. The normalized spacial score (nSPS) is 11.9. The number of anilines is 1. The van der Waals surface area contributed by atoms with Gasteiger partial charge in [0.05, 0.1) is 0 Å². The largest absolute Gasteiger partial charge is 0.300 e. The number of thiazole rings is 1. The van der Waals surface area contributed by atoms with Gasteiger partial charge in [0.25, 0.3) is 0 Å². The first-order valence-corrected chi connectivity index (χ1v) is 6.86. The molecule has 0 saturated carbocycles. The van der Waals surface area contributed by atoms with Crippen molar-refractivity contribution in [2.45, 2.75) is 12.3 Å². The van der Waals surface area contributed by atoms with Crippen LogP contribution in [0.25, 0.3) is 0 Å². The van der Waals surface area contributed by atoms with Crippen LogP contribution in [0.3, 0.4) is 0 Å². The van der Waals surface area contributed by atoms with Crippen LogP contribution in [0.2, 0.25) is 0 Å². The summed E-state index contributed by atoms with van der Waals surface area (Å²) in [6.45, 7) is 1.43. The van der Waals surface area contributed by atoms with Crippen molar-refractivity contribution in [1.29, 1.82) is 0 Å². The highest BCUT2D eigenvalue weighted by molar-refractivity contribution is 7.14. The predicted octanol–water partition coefficient (Wildman–Crippen LogP) is 3.26. The number of nitrogens with one attached hydrogen (secondary N) is 1. The lowest BCUT2D eigenvalue weighted by Gasteiger charge is -2.08. The van der Waals surface area contributed by atoms with Crippen molar-refractivity contribution in [3.63, 3.8) is 0 Å². The van der Waals surface area contributed by atoms with Gasteiger partial charge in [-0.05, 0) is 5.56 Å². The molecule has 1 aromatic heterocycles. The standard InChI is InChI=1S/C13H11ClN2O2S/c1-8(17)10-7-19-13(15-10)16-12(18)11(14)9-5-3-2-4-6-9/h2-7,11H,1H3,(H,15,16,18). The summed E-state index contributed by atoms with van der Waals surface area (Å²) in [6.07, 6.45) is 0. The van der Waals surface area contributed by atoms with Gasteiger partial charge in [0, 0.05) is 12.3 Å². The molecule has 6 heteroatoms. The molecule has 0 aliphatic carbocycles. The smallest absolute Gasteiger partial charge is 0.248 e. The van der Waals surface area contributed by atoms with Crippen LogP contribution in [-0.4, -0.2) is 16.7 Å². The second-order valence-corrected chi connectivity index (χ2v) is 5.15. The number of carbonyl (C=O) groups is 2. The summed E-state index contributed by atoms with van der Waals surface area (Å²) in [6, 6.07) is 9.04. The molecule has 0 saturated heterocycles. The van der Waals surface area contributed by atoms with E-state index in [0.717, 1.165) is 0 Å². The van der Waals surface area contributed by atoms with Crippen LogP contribution >= 0.6 is 22.9 Å². The summed E-state index contributed by atoms with van der Waals surface area (Å²) in [7, 11) is 0. The molecule has 0 aliphatic rings. The lowest BCUT2D eigenvalue weighted by molar-refractivity contribution is -0.116. The summed E-state index contributed by atoms with van der Waals surface area (Å²) in [4.78, 5) is 27.0. The zero-order valence-electron chi connectivity index (χ0n) is 10.1. The van der Waals surface area contributed by atoms with Gasteiger partial charge in [-0.25, -0.2) is 4.98 Å². The maximum atomic E-state index is 11.9. The quantitative estimate of drug-likeness (QED) is 0.695. The average molecular weight is 295 g/mol. The Balaban J connectivity index is 2.06. The first-order chi connectivity index (χ1) is 9.08. The molecule has 2 aromatic rings. The number of hydrogen-bond acceptors (Lipinski definition) is 4. The van der Waals surface area contributed by atoms with E-state index >= 15 is 0 Å². The number of rotatable bonds is 4. The maximum Gasteiger partial charge on any atom is 0.248 e. The van der Waals surface area contributed by atoms with Crippen LogP contribution in [-0.2, 0) is 4.79 Å². The van der Waals surface area contributed by atoms with Gasteiger partial charge in [0.15, 0.2) is 10.9 Å². The van der Waals surface area contributed by atoms with Crippen molar-refractivity contribution in [1.82, 2.24) is 4.98 Å². The zero-order chi connectivity index (χ0) is 13.8. The van der Waals surface area contributed by atoms with Crippen molar-refractivity contribution in [2.75, 3.05) is 5.32 Å². The van der Waals surface area contributed by atoms with E-state index in [1.807, 2.05) is 18.2 Å². The highest BCUT2D eigenvalue weighted by Crippen LogP contribution is 2.23. The first kappa shape index (κ1) is 13.7. The average Bonchev–Trinajstić information content (AvgIpc) is 2.87. The van der Waals surface area contributed by atoms with E-state index in [2.05, 4.69) is 10.3 Å². The number of carbonyl (C=O) groups excluding carboxylic acids is 2. The van der Waals surface area contributed by atoms with Gasteiger partial charge >= 0.3 is 0 Å². The fraction of sp³-hybridized carbons (Fsp3) is 0.154. The minimum absolute atomic E-state index is 0.137. The molecule has 0 bridgehead atoms. The van der Waals surface area contributed by atoms with Gasteiger partial charge in [-0.1, -0.05) is 30.3 Å². The molecule has 0 aliphatic heterocycles. The molecule has 1 aromatic carbocycles. The van der Waals surface area contributed by atoms with Crippen molar-refractivity contribution in [2.24, 2.45) is 0 Å². The molecule has 1 heterocycles. The molecule has 0 fully saturated rings. The van der Waals surface area contributed by atoms with Crippen LogP contribution < -0.4 is 5.32 Å². The Kier molecular flexibility index (Phi) is 4.29. The number of hydrogen-bond donors (Lipinski definition) is 1. The Bertz CT molecular complexity index is 598. The molecular weight excluding hydrogens is 284 g/mol. The maximum absolute atomic E-state index is 11.9. The minimum Gasteiger partial charge on any atom is -0.300 e. The SMILES string of the molecule is CC(=O)c1csc(NC(=O)C(Cl)c2ccccc2)n1. The van der Waals surface area contributed by atoms with Crippen LogP contribution in [0.4, 0.5) is 5.13 Å². The summed E-state index contributed by atoms with van der Waals surface area (Å²) in [5.74, 6) is -0.500. The van der Waals surface area contributed by atoms with Crippen LogP contribution in [0.5, 0.6) is 0 Å². The minimum atomic E-state index is -0.786. The third kappa shape index (κ3) is 3.39. The lowest BCUT2D eigenvalue weighted by atomic mass is 10.1. The van der Waals surface area contributed by atoms with E-state index in [4.69, 9.17) is 11.6 Å². The molecule has 19 heavy (non-hydrogen) atoms. The molecule has 4 nitrogen and oxygen atoms in total. The second kappa shape index (κ2) is 5.95. The number of ketones is 1. The van der Waals surface area contributed by atoms with Gasteiger partial charge in [0.1, 0.15) is 11.1 Å². The van der Waals surface area contributed by atoms with Crippen LogP contribution in [0.1, 0.15) is 28.4 Å². The van der Waals surface area contributed by atoms with Crippen LogP contribution in [0.15, 0.2) is 35.7 Å². The van der Waals surface area contributed by atoms with E-state index in [0.29, 0.717) is 16.4 Å². The zero-order valence-corrected chi connectivity index (χ0v) is 11.7. The molecule has 1 amide bonds. The molecule has 1 unspecified atom stereocenters. The van der Waals surface area contributed by atoms with E-state index in [-0.39, 0.29) is 11.7 Å². The second-order valence-electron chi connectivity index (χ2n) is 3.86. The number of halogens is 1. The third-order valence-corrected chi connectivity index (χ3v) is 3.63. The summed E-state index contributed by atoms with van der Waals surface area (Å²) in [5.41, 5.74) is 1.05. The van der Waals surface area contributed by atoms with Crippen molar-refractivity contribution >= 4 is 39.8 Å². The highest BCUT2D eigenvalue weighted by Gasteiger charge is 2.18. The summed E-state index contributed by atoms with van der Waals surface area (Å²) >= 11 is 7.27. The van der Waals surface area contributed by atoms with E-state index in [1.165, 1.54) is 18.3 Å². The number of amides is 1. The number of benzene rings is 1. The number of aromatic nitrogens is 1. The van der Waals surface area contributed by atoms with Crippen molar-refractivity contribution in [3.8, 4) is 0 Å². The van der Waals surface area contributed by atoms with Gasteiger partial charge in [-0.15, -0.1) is 22.9 Å². The van der Waals surface area contributed by atoms with Crippen molar-refractivity contribution < 1.29 is 9.59 Å². The van der Waals surface area contributed by atoms with E-state index in [9.17, 15) is 9.59 Å². The first-order valence-electron chi connectivity index (χ1n) is 5.54. The lowest BCUT2D eigenvalue weighted by Crippen LogP contribution is -2.17. The number of alkyl halides is 1. The van der Waals surface area contributed by atoms with Gasteiger partial charge in [-0.2, -0.15) is 0 Å². The predicted molar refractivity (Wildman–Crippen MR) is 75.8 cm³/mol. The molecule has 0 radical (unpaired) electrons. The Morgan fingerprint density at radius 1 is 1.32 bits per heavy atom. The van der Waals surface area contributed by atoms with E-state index < -0.39 is 5.38 Å². The molecule has 2 rings (SSSR count). The molecule has 1 atom stereocenters. The fourth-order valence-corrected chi connectivity index (χ4v) is 2.39. The monoisotopic (exact) mass is 294 g/mol. The Morgan fingerprint density at radius 3 is 2.58 bits per heavy atom. The van der Waals surface area contributed by atoms with E-state index in [1.54, 1.807) is 17.5 Å². The Labute approximate surface area is 119 Å². The van der Waals surface area contributed by atoms with Gasteiger partial charge in [0.2, 0.25) is 5.91 Å². The fourth-order valence-electron chi connectivity index (χ4n) is 1.43. The van der Waals surface area contributed by atoms with Crippen molar-refractivity contribution in [3.05, 3.63) is 47.0 Å². The summed E-state index contributed by atoms with van der Waals surface area (Å²) in [5, 5.41) is 3.79. The van der Waals surface area contributed by atoms with Gasteiger partial charge < -0.3 is 5.32 Å². The highest BCUT2D eigenvalue weighted by atomic mass is 35.5.